The Kier molecular flexibility index (Phi) is 2.20. The van der Waals surface area contributed by atoms with E-state index in [1.54, 1.807) is 0 Å². The number of carbonyl (C=O) groups is 3. The number of primary amides is 1. The van der Waals surface area contributed by atoms with Crippen LogP contribution in [0, 0.1) is 0 Å². The molecule has 82 valence electrons. The molecule has 0 aliphatic carbocycles. The van der Waals surface area contributed by atoms with Crippen LogP contribution in [0.15, 0.2) is 0 Å². The van der Waals surface area contributed by atoms with Crippen LogP contribution in [0.25, 0.3) is 0 Å². The van der Waals surface area contributed by atoms with Gasteiger partial charge in [0.15, 0.2) is 0 Å². The molecule has 2 rings (SSSR count). The van der Waals surface area contributed by atoms with Crippen molar-refractivity contribution in [1.82, 2.24) is 16.0 Å². The highest BCUT2D eigenvalue weighted by molar-refractivity contribution is 6.11. The number of rotatable bonds is 1. The Morgan fingerprint density at radius 2 is 2.13 bits per heavy atom. The molecule has 2 aliphatic rings. The first kappa shape index (κ1) is 10.1. The van der Waals surface area contributed by atoms with Crippen molar-refractivity contribution in [1.29, 1.82) is 0 Å². The van der Waals surface area contributed by atoms with Crippen molar-refractivity contribution in [3.05, 3.63) is 0 Å². The van der Waals surface area contributed by atoms with Crippen molar-refractivity contribution >= 4 is 17.7 Å². The quantitative estimate of drug-likeness (QED) is 0.342. The zero-order chi connectivity index (χ0) is 11.1. The molecule has 0 saturated carbocycles. The summed E-state index contributed by atoms with van der Waals surface area (Å²) in [7, 11) is 0. The van der Waals surface area contributed by atoms with Crippen molar-refractivity contribution in [2.75, 3.05) is 13.1 Å². The summed E-state index contributed by atoms with van der Waals surface area (Å²) in [5.41, 5.74) is 4.00. The Morgan fingerprint density at radius 1 is 1.40 bits per heavy atom. The summed E-state index contributed by atoms with van der Waals surface area (Å²) in [5, 5.41) is 7.94. The van der Waals surface area contributed by atoms with E-state index in [1.165, 1.54) is 0 Å². The fourth-order valence-electron chi connectivity index (χ4n) is 2.11. The molecule has 0 aromatic heterocycles. The Labute approximate surface area is 85.8 Å². The van der Waals surface area contributed by atoms with Gasteiger partial charge >= 0.3 is 0 Å². The number of nitrogens with one attached hydrogen (secondary N) is 3. The summed E-state index contributed by atoms with van der Waals surface area (Å²) in [6.07, 6.45) is -0.0492. The number of hydrogen-bond acceptors (Lipinski definition) is 5. The maximum atomic E-state index is 11.6. The smallest absolute Gasteiger partial charge is 0.249 e. The van der Waals surface area contributed by atoms with Gasteiger partial charge in [-0.05, 0) is 0 Å². The van der Waals surface area contributed by atoms with E-state index in [-0.39, 0.29) is 12.3 Å². The van der Waals surface area contributed by atoms with Gasteiger partial charge in [-0.25, -0.2) is 0 Å². The van der Waals surface area contributed by atoms with Crippen molar-refractivity contribution < 1.29 is 14.4 Å². The predicted molar refractivity (Wildman–Crippen MR) is 49.5 cm³/mol. The summed E-state index contributed by atoms with van der Waals surface area (Å²) in [6, 6.07) is -0.835. The maximum absolute atomic E-state index is 11.6. The highest BCUT2D eigenvalue weighted by atomic mass is 16.2. The third-order valence-electron chi connectivity index (χ3n) is 2.79. The lowest BCUT2D eigenvalue weighted by molar-refractivity contribution is -0.133. The first-order chi connectivity index (χ1) is 7.06. The van der Waals surface area contributed by atoms with Crippen molar-refractivity contribution in [2.45, 2.75) is 18.0 Å². The summed E-state index contributed by atoms with van der Waals surface area (Å²) in [5.74, 6) is -1.50. The third kappa shape index (κ3) is 1.40. The van der Waals surface area contributed by atoms with E-state index >= 15 is 0 Å². The van der Waals surface area contributed by atoms with E-state index in [2.05, 4.69) is 16.0 Å². The summed E-state index contributed by atoms with van der Waals surface area (Å²) >= 11 is 0. The average molecular weight is 212 g/mol. The zero-order valence-corrected chi connectivity index (χ0v) is 8.00. The van der Waals surface area contributed by atoms with Crippen molar-refractivity contribution in [3.63, 3.8) is 0 Å². The van der Waals surface area contributed by atoms with E-state index in [9.17, 15) is 14.4 Å². The Morgan fingerprint density at radius 3 is 2.67 bits per heavy atom. The molecule has 2 atom stereocenters. The molecule has 2 fully saturated rings. The van der Waals surface area contributed by atoms with Gasteiger partial charge in [0, 0.05) is 13.1 Å². The topological polar surface area (TPSA) is 113 Å². The zero-order valence-electron chi connectivity index (χ0n) is 8.00. The van der Waals surface area contributed by atoms with Crippen LogP contribution in [0.3, 0.4) is 0 Å². The second kappa shape index (κ2) is 3.28. The van der Waals surface area contributed by atoms with Crippen LogP contribution in [-0.4, -0.2) is 42.4 Å². The van der Waals surface area contributed by atoms with E-state index < -0.39 is 23.4 Å². The fourth-order valence-corrected chi connectivity index (χ4v) is 2.11. The molecule has 2 aliphatic heterocycles. The minimum absolute atomic E-state index is 0.0492. The van der Waals surface area contributed by atoms with Gasteiger partial charge in [0.25, 0.3) is 0 Å². The predicted octanol–water partition coefficient (Wildman–Crippen LogP) is -3.18. The average Bonchev–Trinajstić information content (AvgIpc) is 2.42. The minimum Gasteiger partial charge on any atom is -0.368 e. The van der Waals surface area contributed by atoms with Gasteiger partial charge in [-0.2, -0.15) is 0 Å². The number of amides is 3. The van der Waals surface area contributed by atoms with Gasteiger partial charge in [-0.1, -0.05) is 0 Å². The molecular weight excluding hydrogens is 200 g/mol. The number of nitrogens with two attached hydrogens (primary N) is 1. The van der Waals surface area contributed by atoms with E-state index in [0.717, 1.165) is 0 Å². The molecule has 0 radical (unpaired) electrons. The van der Waals surface area contributed by atoms with Crippen LogP contribution in [0.4, 0.5) is 0 Å². The van der Waals surface area contributed by atoms with Crippen LogP contribution in [0.2, 0.25) is 0 Å². The van der Waals surface area contributed by atoms with Gasteiger partial charge in [0.1, 0.15) is 11.6 Å². The lowest BCUT2D eigenvalue weighted by atomic mass is 9.85. The van der Waals surface area contributed by atoms with Crippen LogP contribution >= 0.6 is 0 Å². The molecule has 0 aromatic carbocycles. The largest absolute Gasteiger partial charge is 0.368 e. The van der Waals surface area contributed by atoms with E-state index in [0.29, 0.717) is 13.1 Å². The molecule has 0 bridgehead atoms. The van der Waals surface area contributed by atoms with Gasteiger partial charge in [-0.3, -0.25) is 25.0 Å². The van der Waals surface area contributed by atoms with Crippen LogP contribution in [0.5, 0.6) is 0 Å². The molecule has 3 amide bonds. The van der Waals surface area contributed by atoms with E-state index in [4.69, 9.17) is 5.73 Å². The van der Waals surface area contributed by atoms with Gasteiger partial charge in [-0.15, -0.1) is 0 Å². The van der Waals surface area contributed by atoms with Crippen molar-refractivity contribution in [2.24, 2.45) is 5.73 Å². The van der Waals surface area contributed by atoms with Crippen LogP contribution in [0.1, 0.15) is 6.42 Å². The summed E-state index contributed by atoms with van der Waals surface area (Å²) < 4.78 is 0. The Balaban J connectivity index is 2.34. The maximum Gasteiger partial charge on any atom is 0.249 e. The molecule has 15 heavy (non-hydrogen) atoms. The lowest BCUT2D eigenvalue weighted by Gasteiger charge is -2.38. The summed E-state index contributed by atoms with van der Waals surface area (Å²) in [6.45, 7) is 1.06. The van der Waals surface area contributed by atoms with Crippen LogP contribution in [-0.2, 0) is 14.4 Å². The summed E-state index contributed by atoms with van der Waals surface area (Å²) in [4.78, 5) is 34.0. The van der Waals surface area contributed by atoms with Crippen molar-refractivity contribution in [3.8, 4) is 0 Å². The molecular formula is C8H12N4O3. The van der Waals surface area contributed by atoms with Gasteiger partial charge in [0.2, 0.25) is 17.7 Å². The second-order valence-corrected chi connectivity index (χ2v) is 3.74. The fraction of sp³-hybridized carbons (Fsp3) is 0.625. The second-order valence-electron chi connectivity index (χ2n) is 3.74. The highest BCUT2D eigenvalue weighted by Gasteiger charge is 2.55. The number of imide groups is 1. The molecule has 5 N–H and O–H groups in total. The van der Waals surface area contributed by atoms with E-state index in [1.807, 2.05) is 0 Å². The number of piperazine rings is 1. The molecule has 7 heteroatoms. The highest BCUT2D eigenvalue weighted by Crippen LogP contribution is 2.23. The Hall–Kier alpha value is -1.47. The normalized spacial score (nSPS) is 35.6. The molecule has 2 unspecified atom stereocenters. The monoisotopic (exact) mass is 212 g/mol. The van der Waals surface area contributed by atoms with Gasteiger partial charge < -0.3 is 11.1 Å². The first-order valence-corrected chi connectivity index (χ1v) is 4.68. The number of carbonyl (C=O) groups excluding carboxylic acids is 3. The third-order valence-corrected chi connectivity index (χ3v) is 2.79. The standard InChI is InChI=1S/C8H12N4O3/c9-6(14)5-8(11-2-1-10-5)3-4(13)12-7(8)15/h5,10-11H,1-3H2,(H2,9,14)(H,12,13,15). The molecule has 2 heterocycles. The Bertz CT molecular complexity index is 343. The molecule has 7 nitrogen and oxygen atoms in total. The molecule has 1 spiro atoms. The first-order valence-electron chi connectivity index (χ1n) is 4.68. The lowest BCUT2D eigenvalue weighted by Crippen LogP contribution is -2.72. The number of hydrogen-bond donors (Lipinski definition) is 4. The SMILES string of the molecule is NC(=O)C1NCCNC12CC(=O)NC2=O. The minimum atomic E-state index is -1.19. The van der Waals surface area contributed by atoms with Gasteiger partial charge in [0.05, 0.1) is 6.42 Å². The molecule has 2 saturated heterocycles. The van der Waals surface area contributed by atoms with Crippen LogP contribution < -0.4 is 21.7 Å². The molecule has 0 aromatic rings.